The van der Waals surface area contributed by atoms with Crippen LogP contribution in [-0.4, -0.2) is 9.85 Å². The van der Waals surface area contributed by atoms with Crippen molar-refractivity contribution < 1.29 is 5.11 Å². The fraction of sp³-hybridized carbons (Fsp3) is 0.500. The third kappa shape index (κ3) is 5.21. The summed E-state index contributed by atoms with van der Waals surface area (Å²) >= 11 is 1.74. The highest BCUT2D eigenvalue weighted by atomic mass is 32.2. The molecule has 0 heterocycles. The number of aliphatic hydroxyl groups excluding tert-OH is 1. The summed E-state index contributed by atoms with van der Waals surface area (Å²) in [6.45, 7) is 7.51. The molecule has 0 radical (unpaired) electrons. The lowest BCUT2D eigenvalue weighted by Crippen LogP contribution is -2.16. The number of benzene rings is 1. The van der Waals surface area contributed by atoms with Gasteiger partial charge in [0.1, 0.15) is 0 Å². The number of hydrogen-bond acceptors (Lipinski definition) is 3. The second-order valence-electron chi connectivity index (χ2n) is 4.51. The average molecular weight is 225 g/mol. The quantitative estimate of drug-likeness (QED) is 0.773. The van der Waals surface area contributed by atoms with Crippen molar-refractivity contribution in [1.82, 2.24) is 4.72 Å². The Labute approximate surface area is 96.2 Å². The van der Waals surface area contributed by atoms with Gasteiger partial charge in [0.2, 0.25) is 0 Å². The van der Waals surface area contributed by atoms with Crippen LogP contribution in [0, 0.1) is 0 Å². The molecule has 0 saturated heterocycles. The van der Waals surface area contributed by atoms with Gasteiger partial charge >= 0.3 is 0 Å². The molecular weight excluding hydrogens is 206 g/mol. The van der Waals surface area contributed by atoms with Crippen LogP contribution in [0.15, 0.2) is 24.3 Å². The summed E-state index contributed by atoms with van der Waals surface area (Å²) in [4.78, 5) is 0. The highest BCUT2D eigenvalue weighted by Gasteiger charge is 2.09. The number of rotatable bonds is 4. The van der Waals surface area contributed by atoms with Crippen LogP contribution in [0.2, 0.25) is 0 Å². The largest absolute Gasteiger partial charge is 0.392 e. The molecule has 2 nitrogen and oxygen atoms in total. The number of nitrogens with one attached hydrogen (secondary N) is 1. The van der Waals surface area contributed by atoms with Crippen LogP contribution >= 0.6 is 11.9 Å². The van der Waals surface area contributed by atoms with Crippen molar-refractivity contribution in [2.24, 2.45) is 0 Å². The first-order valence-electron chi connectivity index (χ1n) is 5.11. The van der Waals surface area contributed by atoms with Gasteiger partial charge in [-0.15, -0.1) is 0 Å². The van der Waals surface area contributed by atoms with Gasteiger partial charge in [-0.2, -0.15) is 0 Å². The van der Waals surface area contributed by atoms with Gasteiger partial charge in [0, 0.05) is 11.3 Å². The molecule has 0 fully saturated rings. The van der Waals surface area contributed by atoms with Crippen molar-refractivity contribution in [2.75, 3.05) is 0 Å². The van der Waals surface area contributed by atoms with E-state index in [9.17, 15) is 0 Å². The lowest BCUT2D eigenvalue weighted by atomic mass is 10.1. The molecule has 0 bridgehead atoms. The monoisotopic (exact) mass is 225 g/mol. The molecule has 1 rings (SSSR count). The maximum absolute atomic E-state index is 8.89. The van der Waals surface area contributed by atoms with E-state index in [0.29, 0.717) is 0 Å². The van der Waals surface area contributed by atoms with E-state index >= 15 is 0 Å². The van der Waals surface area contributed by atoms with Crippen molar-refractivity contribution in [3.05, 3.63) is 35.4 Å². The molecule has 1 aromatic carbocycles. The number of aliphatic hydroxyl groups is 1. The Kier molecular flexibility index (Phi) is 4.64. The minimum atomic E-state index is 0.116. The predicted molar refractivity (Wildman–Crippen MR) is 66.5 cm³/mol. The maximum atomic E-state index is 8.89. The minimum Gasteiger partial charge on any atom is -0.392 e. The molecular formula is C12H19NOS. The smallest absolute Gasteiger partial charge is 0.0681 e. The van der Waals surface area contributed by atoms with Gasteiger partial charge in [0.25, 0.3) is 0 Å². The molecule has 3 heteroatoms. The van der Waals surface area contributed by atoms with Crippen LogP contribution < -0.4 is 4.72 Å². The van der Waals surface area contributed by atoms with Crippen molar-refractivity contribution in [2.45, 2.75) is 38.7 Å². The fourth-order valence-electron chi connectivity index (χ4n) is 1.10. The van der Waals surface area contributed by atoms with Crippen LogP contribution in [0.4, 0.5) is 0 Å². The van der Waals surface area contributed by atoms with Gasteiger partial charge in [0.05, 0.1) is 6.61 Å². The second kappa shape index (κ2) is 5.54. The summed E-state index contributed by atoms with van der Waals surface area (Å²) in [5, 5.41) is 8.89. The summed E-state index contributed by atoms with van der Waals surface area (Å²) in [6, 6.07) is 8.00. The summed E-state index contributed by atoms with van der Waals surface area (Å²) in [7, 11) is 0. The molecule has 0 aromatic heterocycles. The van der Waals surface area contributed by atoms with Gasteiger partial charge in [0.15, 0.2) is 0 Å². The van der Waals surface area contributed by atoms with E-state index in [1.54, 1.807) is 11.9 Å². The topological polar surface area (TPSA) is 32.3 Å². The van der Waals surface area contributed by atoms with E-state index in [2.05, 4.69) is 25.5 Å². The first-order valence-corrected chi connectivity index (χ1v) is 5.92. The second-order valence-corrected chi connectivity index (χ2v) is 6.23. The van der Waals surface area contributed by atoms with E-state index in [4.69, 9.17) is 5.11 Å². The van der Waals surface area contributed by atoms with Crippen LogP contribution in [-0.2, 0) is 13.2 Å². The zero-order valence-corrected chi connectivity index (χ0v) is 10.4. The predicted octanol–water partition coefficient (Wildman–Crippen LogP) is 2.72. The van der Waals surface area contributed by atoms with Crippen LogP contribution in [0.1, 0.15) is 31.9 Å². The molecule has 0 amide bonds. The Hall–Kier alpha value is -0.510. The van der Waals surface area contributed by atoms with E-state index in [1.807, 2.05) is 24.3 Å². The third-order valence-electron chi connectivity index (χ3n) is 1.86. The van der Waals surface area contributed by atoms with Crippen LogP contribution in [0.25, 0.3) is 0 Å². The Morgan fingerprint density at radius 1 is 1.13 bits per heavy atom. The van der Waals surface area contributed by atoms with Crippen molar-refractivity contribution in [3.63, 3.8) is 0 Å². The van der Waals surface area contributed by atoms with Crippen LogP contribution in [0.3, 0.4) is 0 Å². The molecule has 0 aliphatic heterocycles. The summed E-state index contributed by atoms with van der Waals surface area (Å²) in [6.07, 6.45) is 0. The molecule has 0 saturated carbocycles. The molecule has 15 heavy (non-hydrogen) atoms. The molecule has 0 unspecified atom stereocenters. The Morgan fingerprint density at radius 2 is 1.67 bits per heavy atom. The van der Waals surface area contributed by atoms with Crippen molar-refractivity contribution in [3.8, 4) is 0 Å². The lowest BCUT2D eigenvalue weighted by molar-refractivity contribution is 0.282. The summed E-state index contributed by atoms with van der Waals surface area (Å²) < 4.78 is 3.57. The van der Waals surface area contributed by atoms with Gasteiger partial charge in [-0.25, -0.2) is 0 Å². The first kappa shape index (κ1) is 12.6. The Balaban J connectivity index is 2.38. The standard InChI is InChI=1S/C12H19NOS/c1-12(2,3)15-13-8-10-4-6-11(9-14)7-5-10/h4-7,13-14H,8-9H2,1-3H3. The molecule has 1 aromatic rings. The van der Waals surface area contributed by atoms with Crippen molar-refractivity contribution in [1.29, 1.82) is 0 Å². The van der Waals surface area contributed by atoms with Crippen molar-refractivity contribution >= 4 is 11.9 Å². The maximum Gasteiger partial charge on any atom is 0.0681 e. The Bertz CT molecular complexity index is 289. The average Bonchev–Trinajstić information content (AvgIpc) is 2.17. The number of hydrogen-bond donors (Lipinski definition) is 2. The summed E-state index contributed by atoms with van der Waals surface area (Å²) in [5.41, 5.74) is 2.20. The SMILES string of the molecule is CC(C)(C)SNCc1ccc(CO)cc1. The fourth-order valence-corrected chi connectivity index (χ4v) is 1.77. The highest BCUT2D eigenvalue weighted by molar-refractivity contribution is 7.98. The van der Waals surface area contributed by atoms with E-state index < -0.39 is 0 Å². The van der Waals surface area contributed by atoms with E-state index in [1.165, 1.54) is 5.56 Å². The molecule has 0 aliphatic carbocycles. The van der Waals surface area contributed by atoms with Gasteiger partial charge < -0.3 is 5.11 Å². The summed E-state index contributed by atoms with van der Waals surface area (Å²) in [5.74, 6) is 0. The third-order valence-corrected chi connectivity index (χ3v) is 2.76. The van der Waals surface area contributed by atoms with E-state index in [-0.39, 0.29) is 11.4 Å². The first-order chi connectivity index (χ1) is 7.01. The molecule has 84 valence electrons. The van der Waals surface area contributed by atoms with Crippen LogP contribution in [0.5, 0.6) is 0 Å². The normalized spacial score (nSPS) is 11.7. The lowest BCUT2D eigenvalue weighted by Gasteiger charge is -2.17. The van der Waals surface area contributed by atoms with Gasteiger partial charge in [-0.1, -0.05) is 36.2 Å². The molecule has 0 aliphatic rings. The molecule has 2 N–H and O–H groups in total. The van der Waals surface area contributed by atoms with Gasteiger partial charge in [-0.05, 0) is 31.9 Å². The zero-order valence-electron chi connectivity index (χ0n) is 9.58. The molecule has 0 atom stereocenters. The zero-order chi connectivity index (χ0) is 11.3. The van der Waals surface area contributed by atoms with E-state index in [0.717, 1.165) is 12.1 Å². The minimum absolute atomic E-state index is 0.116. The van der Waals surface area contributed by atoms with Gasteiger partial charge in [-0.3, -0.25) is 4.72 Å². The Morgan fingerprint density at radius 3 is 2.13 bits per heavy atom. The molecule has 0 spiro atoms. The highest BCUT2D eigenvalue weighted by Crippen LogP contribution is 2.20.